The van der Waals surface area contributed by atoms with Gasteiger partial charge in [0, 0.05) is 33.2 Å². The van der Waals surface area contributed by atoms with Gasteiger partial charge in [-0.15, -0.1) is 0 Å². The third kappa shape index (κ3) is 2.77. The normalized spacial score (nSPS) is 27.9. The van der Waals surface area contributed by atoms with Crippen molar-refractivity contribution < 1.29 is 19.5 Å². The molecule has 0 aromatic carbocycles. The number of amides is 3. The maximum atomic E-state index is 12.3. The van der Waals surface area contributed by atoms with Crippen molar-refractivity contribution in [2.45, 2.75) is 19.1 Å². The van der Waals surface area contributed by atoms with Crippen LogP contribution in [-0.2, 0) is 9.59 Å². The highest BCUT2D eigenvalue weighted by atomic mass is 16.4. The van der Waals surface area contributed by atoms with E-state index >= 15 is 0 Å². The lowest BCUT2D eigenvalue weighted by Crippen LogP contribution is -2.65. The van der Waals surface area contributed by atoms with Gasteiger partial charge in [-0.2, -0.15) is 0 Å². The molecule has 2 unspecified atom stereocenters. The van der Waals surface area contributed by atoms with Crippen LogP contribution in [0.1, 0.15) is 6.92 Å². The summed E-state index contributed by atoms with van der Waals surface area (Å²) in [4.78, 5) is 47.0. The van der Waals surface area contributed by atoms with Crippen LogP contribution in [0.15, 0.2) is 4.99 Å². The molecule has 3 aliphatic rings. The second-order valence-electron chi connectivity index (χ2n) is 6.14. The highest BCUT2D eigenvalue weighted by molar-refractivity contribution is 6.04. The number of piperazine rings is 1. The van der Waals surface area contributed by atoms with Crippen molar-refractivity contribution in [3.63, 3.8) is 0 Å². The second kappa shape index (κ2) is 6.27. The van der Waals surface area contributed by atoms with Crippen LogP contribution in [0.2, 0.25) is 0 Å². The topological polar surface area (TPSA) is 109 Å². The minimum Gasteiger partial charge on any atom is -0.480 e. The third-order valence-electron chi connectivity index (χ3n) is 4.75. The molecule has 3 aliphatic heterocycles. The van der Waals surface area contributed by atoms with Gasteiger partial charge >= 0.3 is 12.0 Å². The van der Waals surface area contributed by atoms with E-state index in [9.17, 15) is 19.5 Å². The number of rotatable bonds is 3. The molecule has 0 aromatic rings. The van der Waals surface area contributed by atoms with Crippen molar-refractivity contribution in [3.05, 3.63) is 0 Å². The van der Waals surface area contributed by atoms with E-state index in [-0.39, 0.29) is 6.54 Å². The van der Waals surface area contributed by atoms with E-state index < -0.39 is 30.1 Å². The zero-order chi connectivity index (χ0) is 17.4. The molecule has 3 heterocycles. The first-order valence-corrected chi connectivity index (χ1v) is 8.03. The largest absolute Gasteiger partial charge is 0.480 e. The smallest absolute Gasteiger partial charge is 0.325 e. The molecule has 0 saturated carbocycles. The molecule has 10 nitrogen and oxygen atoms in total. The van der Waals surface area contributed by atoms with Gasteiger partial charge in [0.25, 0.3) is 5.91 Å². The zero-order valence-corrected chi connectivity index (χ0v) is 13.8. The Morgan fingerprint density at radius 3 is 2.54 bits per heavy atom. The van der Waals surface area contributed by atoms with Crippen LogP contribution in [0, 0.1) is 0 Å². The van der Waals surface area contributed by atoms with Gasteiger partial charge in [0.2, 0.25) is 0 Å². The Hall–Kier alpha value is -2.36. The molecular formula is C14H22N6O4. The van der Waals surface area contributed by atoms with Crippen LogP contribution in [0.25, 0.3) is 0 Å². The number of urea groups is 1. The van der Waals surface area contributed by atoms with Crippen molar-refractivity contribution >= 4 is 23.9 Å². The predicted molar refractivity (Wildman–Crippen MR) is 84.3 cm³/mol. The number of imide groups is 1. The number of nitrogens with zero attached hydrogens (tertiary/aromatic N) is 5. The summed E-state index contributed by atoms with van der Waals surface area (Å²) >= 11 is 0. The summed E-state index contributed by atoms with van der Waals surface area (Å²) in [5.74, 6) is -1.06. The SMILES string of the molecule is CCN1CCN(C2=NC3C(C(=O)NC(=O)N3C)N2CC(=O)O)CC1. The van der Waals surface area contributed by atoms with E-state index in [1.807, 2.05) is 4.90 Å². The van der Waals surface area contributed by atoms with Gasteiger partial charge in [-0.3, -0.25) is 14.9 Å². The highest BCUT2D eigenvalue weighted by Crippen LogP contribution is 2.25. The first kappa shape index (κ1) is 16.5. The molecule has 3 rings (SSSR count). The van der Waals surface area contributed by atoms with Crippen molar-refractivity contribution in [3.8, 4) is 0 Å². The Morgan fingerprint density at radius 1 is 1.29 bits per heavy atom. The Morgan fingerprint density at radius 2 is 1.96 bits per heavy atom. The molecular weight excluding hydrogens is 316 g/mol. The van der Waals surface area contributed by atoms with Crippen LogP contribution >= 0.6 is 0 Å². The summed E-state index contributed by atoms with van der Waals surface area (Å²) in [6, 6.07) is -1.32. The molecule has 132 valence electrons. The van der Waals surface area contributed by atoms with Gasteiger partial charge in [-0.1, -0.05) is 6.92 Å². The number of nitrogens with one attached hydrogen (secondary N) is 1. The molecule has 3 amide bonds. The molecule has 0 radical (unpaired) electrons. The van der Waals surface area contributed by atoms with Crippen LogP contribution in [0.4, 0.5) is 4.79 Å². The molecule has 0 bridgehead atoms. The van der Waals surface area contributed by atoms with E-state index in [4.69, 9.17) is 0 Å². The number of fused-ring (bicyclic) bond motifs is 1. The number of aliphatic carboxylic acids is 1. The molecule has 2 atom stereocenters. The number of carboxylic acids is 1. The molecule has 2 fully saturated rings. The number of guanidine groups is 1. The van der Waals surface area contributed by atoms with Crippen molar-refractivity contribution in [2.75, 3.05) is 46.3 Å². The molecule has 24 heavy (non-hydrogen) atoms. The van der Waals surface area contributed by atoms with Crippen LogP contribution < -0.4 is 5.32 Å². The lowest BCUT2D eigenvalue weighted by molar-refractivity contribution is -0.138. The standard InChI is InChI=1S/C14H22N6O4/c1-3-18-4-6-19(7-5-18)13-15-11-10(20(13)8-9(21)22)12(23)16-14(24)17(11)2/h10-11H,3-8H2,1-2H3,(H,21,22)(H,16,23,24). The first-order chi connectivity index (χ1) is 11.4. The minimum absolute atomic E-state index is 0.330. The van der Waals surface area contributed by atoms with Crippen LogP contribution in [-0.4, -0.2) is 107 Å². The number of likely N-dealkylation sites (N-methyl/N-ethyl adjacent to an activating group) is 2. The Balaban J connectivity index is 1.86. The number of hydrogen-bond acceptors (Lipinski definition) is 7. The van der Waals surface area contributed by atoms with Gasteiger partial charge < -0.3 is 24.7 Å². The Labute approximate surface area is 139 Å². The van der Waals surface area contributed by atoms with Crippen molar-refractivity contribution in [1.29, 1.82) is 0 Å². The predicted octanol–water partition coefficient (Wildman–Crippen LogP) is -1.74. The summed E-state index contributed by atoms with van der Waals surface area (Å²) in [7, 11) is 1.56. The van der Waals surface area contributed by atoms with Crippen LogP contribution in [0.3, 0.4) is 0 Å². The van der Waals surface area contributed by atoms with Gasteiger partial charge in [-0.25, -0.2) is 9.79 Å². The molecule has 0 aromatic heterocycles. The van der Waals surface area contributed by atoms with E-state index in [0.29, 0.717) is 19.0 Å². The summed E-state index contributed by atoms with van der Waals surface area (Å²) in [6.45, 7) is 5.86. The molecule has 2 N–H and O–H groups in total. The lowest BCUT2D eigenvalue weighted by Gasteiger charge is -2.39. The molecule has 0 spiro atoms. The average Bonchev–Trinajstić information content (AvgIpc) is 2.92. The molecule has 0 aliphatic carbocycles. The minimum atomic E-state index is -1.04. The monoisotopic (exact) mass is 338 g/mol. The second-order valence-corrected chi connectivity index (χ2v) is 6.14. The summed E-state index contributed by atoms with van der Waals surface area (Å²) < 4.78 is 0. The maximum absolute atomic E-state index is 12.3. The quantitative estimate of drug-likeness (QED) is 0.628. The Kier molecular flexibility index (Phi) is 4.31. The van der Waals surface area contributed by atoms with Gasteiger partial charge in [0.05, 0.1) is 0 Å². The number of carboxylic acid groups (broad SMARTS) is 1. The van der Waals surface area contributed by atoms with Crippen molar-refractivity contribution in [1.82, 2.24) is 24.9 Å². The van der Waals surface area contributed by atoms with E-state index in [0.717, 1.165) is 19.6 Å². The maximum Gasteiger partial charge on any atom is 0.325 e. The van der Waals surface area contributed by atoms with Gasteiger partial charge in [-0.05, 0) is 6.54 Å². The molecule has 10 heteroatoms. The van der Waals surface area contributed by atoms with E-state index in [2.05, 4.69) is 22.1 Å². The lowest BCUT2D eigenvalue weighted by atomic mass is 10.1. The van der Waals surface area contributed by atoms with E-state index in [1.54, 1.807) is 7.05 Å². The fourth-order valence-electron chi connectivity index (χ4n) is 3.35. The average molecular weight is 338 g/mol. The fourth-order valence-corrected chi connectivity index (χ4v) is 3.35. The van der Waals surface area contributed by atoms with Gasteiger partial charge in [0.1, 0.15) is 6.54 Å². The van der Waals surface area contributed by atoms with Gasteiger partial charge in [0.15, 0.2) is 18.2 Å². The zero-order valence-electron chi connectivity index (χ0n) is 13.8. The molecule has 2 saturated heterocycles. The first-order valence-electron chi connectivity index (χ1n) is 8.03. The van der Waals surface area contributed by atoms with E-state index in [1.165, 1.54) is 9.80 Å². The number of carbonyl (C=O) groups is 3. The summed E-state index contributed by atoms with van der Waals surface area (Å²) in [6.07, 6.45) is -0.690. The number of aliphatic imine (C=N–C) groups is 1. The fraction of sp³-hybridized carbons (Fsp3) is 0.714. The Bertz CT molecular complexity index is 586. The summed E-state index contributed by atoms with van der Waals surface area (Å²) in [5.41, 5.74) is 0. The third-order valence-corrected chi connectivity index (χ3v) is 4.75. The summed E-state index contributed by atoms with van der Waals surface area (Å²) in [5, 5.41) is 11.5. The van der Waals surface area contributed by atoms with Crippen molar-refractivity contribution in [2.24, 2.45) is 4.99 Å². The number of hydrogen-bond donors (Lipinski definition) is 2. The number of carbonyl (C=O) groups excluding carboxylic acids is 2. The highest BCUT2D eigenvalue weighted by Gasteiger charge is 2.50. The van der Waals surface area contributed by atoms with Crippen LogP contribution in [0.5, 0.6) is 0 Å².